The number of hydrogen-bond acceptors (Lipinski definition) is 1. The van der Waals surface area contributed by atoms with Crippen LogP contribution in [0.3, 0.4) is 0 Å². The van der Waals surface area contributed by atoms with Crippen LogP contribution in [-0.4, -0.2) is 0 Å². The summed E-state index contributed by atoms with van der Waals surface area (Å²) in [4.78, 5) is 2.98. The first-order valence-electron chi connectivity index (χ1n) is 13.3. The van der Waals surface area contributed by atoms with Gasteiger partial charge in [0, 0.05) is 9.75 Å². The van der Waals surface area contributed by atoms with Crippen LogP contribution in [0.5, 0.6) is 0 Å². The van der Waals surface area contributed by atoms with Gasteiger partial charge in [0.2, 0.25) is 0 Å². The summed E-state index contributed by atoms with van der Waals surface area (Å²) in [6.45, 7) is 18.8. The first-order chi connectivity index (χ1) is 15.0. The highest BCUT2D eigenvalue weighted by Crippen LogP contribution is 2.53. The molecule has 3 aliphatic carbocycles. The quantitative estimate of drug-likeness (QED) is 0.387. The highest BCUT2D eigenvalue weighted by molar-refractivity contribution is 7.14. The molecule has 3 aliphatic rings. The Morgan fingerprint density at radius 2 is 1.84 bits per heavy atom. The summed E-state index contributed by atoms with van der Waals surface area (Å²) in [5, 5.41) is 0. The van der Waals surface area contributed by atoms with E-state index in [-0.39, 0.29) is 0 Å². The summed E-state index contributed by atoms with van der Waals surface area (Å²) in [7, 11) is 0. The Morgan fingerprint density at radius 1 is 1.16 bits per heavy atom. The van der Waals surface area contributed by atoms with Crippen LogP contribution in [0.1, 0.15) is 115 Å². The van der Waals surface area contributed by atoms with Gasteiger partial charge in [0.15, 0.2) is 0 Å². The molecule has 0 saturated heterocycles. The molecule has 0 spiro atoms. The Balaban J connectivity index is 1.71. The second kappa shape index (κ2) is 9.28. The van der Waals surface area contributed by atoms with Crippen molar-refractivity contribution >= 4 is 22.5 Å². The van der Waals surface area contributed by atoms with Crippen molar-refractivity contribution in [2.24, 2.45) is 28.6 Å². The summed E-state index contributed by atoms with van der Waals surface area (Å²) in [5.74, 6) is 2.00. The van der Waals surface area contributed by atoms with Gasteiger partial charge >= 0.3 is 0 Å². The SMILES string of the molecule is C=C(c1cc(CC2CCCCC2)c(C2=CC(C(C)(C)C)CC(CC3(C)CC3)=C2)s1)C(C)C. The number of allylic oxidation sites excluding steroid dienone is 5. The van der Waals surface area contributed by atoms with Gasteiger partial charge in [0.05, 0.1) is 0 Å². The van der Waals surface area contributed by atoms with Gasteiger partial charge in [-0.15, -0.1) is 11.3 Å². The Morgan fingerprint density at radius 3 is 2.44 bits per heavy atom. The minimum absolute atomic E-state index is 0.306. The van der Waals surface area contributed by atoms with Crippen molar-refractivity contribution in [1.29, 1.82) is 0 Å². The lowest BCUT2D eigenvalue weighted by atomic mass is 9.72. The molecule has 1 unspecified atom stereocenters. The molecule has 176 valence electrons. The molecular weight excluding hydrogens is 404 g/mol. The van der Waals surface area contributed by atoms with Crippen molar-refractivity contribution in [3.8, 4) is 0 Å². The molecule has 0 aromatic carbocycles. The van der Waals surface area contributed by atoms with Crippen molar-refractivity contribution in [1.82, 2.24) is 0 Å². The number of thiophene rings is 1. The largest absolute Gasteiger partial charge is 0.135 e. The third-order valence-corrected chi connectivity index (χ3v) is 9.71. The van der Waals surface area contributed by atoms with Crippen molar-refractivity contribution in [3.05, 3.63) is 45.7 Å². The van der Waals surface area contributed by atoms with E-state index in [0.29, 0.717) is 22.7 Å². The molecule has 32 heavy (non-hydrogen) atoms. The zero-order valence-corrected chi connectivity index (χ0v) is 22.5. The highest BCUT2D eigenvalue weighted by atomic mass is 32.1. The fourth-order valence-corrected chi connectivity index (χ4v) is 6.92. The van der Waals surface area contributed by atoms with Gasteiger partial charge in [-0.2, -0.15) is 0 Å². The molecular formula is C31H46S. The molecule has 0 radical (unpaired) electrons. The van der Waals surface area contributed by atoms with Crippen LogP contribution in [0.2, 0.25) is 0 Å². The van der Waals surface area contributed by atoms with Gasteiger partial charge in [-0.3, -0.25) is 0 Å². The van der Waals surface area contributed by atoms with Gasteiger partial charge in [-0.1, -0.05) is 98.0 Å². The molecule has 1 aromatic rings. The third kappa shape index (κ3) is 5.69. The van der Waals surface area contributed by atoms with E-state index < -0.39 is 0 Å². The Kier molecular flexibility index (Phi) is 6.98. The van der Waals surface area contributed by atoms with Crippen LogP contribution in [0.15, 0.2) is 30.4 Å². The monoisotopic (exact) mass is 450 g/mol. The lowest BCUT2D eigenvalue weighted by Crippen LogP contribution is -2.22. The smallest absolute Gasteiger partial charge is 0.0378 e. The van der Waals surface area contributed by atoms with E-state index in [1.165, 1.54) is 80.2 Å². The minimum Gasteiger partial charge on any atom is -0.135 e. The molecule has 1 aromatic heterocycles. The minimum atomic E-state index is 0.306. The average Bonchev–Trinajstić information content (AvgIpc) is 3.30. The van der Waals surface area contributed by atoms with Crippen LogP contribution in [-0.2, 0) is 6.42 Å². The van der Waals surface area contributed by atoms with E-state index in [1.807, 2.05) is 11.3 Å². The second-order valence-corrected chi connectivity index (χ2v) is 14.0. The van der Waals surface area contributed by atoms with Crippen molar-refractivity contribution < 1.29 is 0 Å². The zero-order chi connectivity index (χ0) is 23.1. The molecule has 0 amide bonds. The van der Waals surface area contributed by atoms with Crippen LogP contribution < -0.4 is 0 Å². The maximum absolute atomic E-state index is 4.47. The van der Waals surface area contributed by atoms with Crippen LogP contribution >= 0.6 is 11.3 Å². The average molecular weight is 451 g/mol. The van der Waals surface area contributed by atoms with Crippen LogP contribution in [0.4, 0.5) is 0 Å². The second-order valence-electron chi connectivity index (χ2n) is 12.9. The summed E-state index contributed by atoms with van der Waals surface area (Å²) in [6.07, 6.45) is 19.0. The third-order valence-electron chi connectivity index (χ3n) is 8.41. The maximum atomic E-state index is 4.47. The molecule has 0 N–H and O–H groups in total. The molecule has 1 atom stereocenters. The Hall–Kier alpha value is -1.08. The highest BCUT2D eigenvalue weighted by Gasteiger charge is 2.39. The van der Waals surface area contributed by atoms with Gasteiger partial charge < -0.3 is 0 Å². The first-order valence-corrected chi connectivity index (χ1v) is 14.1. The first kappa shape index (κ1) is 24.1. The van der Waals surface area contributed by atoms with E-state index >= 15 is 0 Å². The summed E-state index contributed by atoms with van der Waals surface area (Å²) >= 11 is 2.03. The fraction of sp³-hybridized carbons (Fsp3) is 0.677. The Bertz CT molecular complexity index is 887. The molecule has 0 nitrogen and oxygen atoms in total. The molecule has 2 fully saturated rings. The van der Waals surface area contributed by atoms with Crippen LogP contribution in [0, 0.1) is 28.6 Å². The molecule has 4 rings (SSSR count). The normalized spacial score (nSPS) is 23.8. The Labute approximate surface area is 202 Å². The number of rotatable bonds is 7. The summed E-state index contributed by atoms with van der Waals surface area (Å²) < 4.78 is 0. The topological polar surface area (TPSA) is 0 Å². The predicted molar refractivity (Wildman–Crippen MR) is 144 cm³/mol. The maximum Gasteiger partial charge on any atom is 0.0378 e. The summed E-state index contributed by atoms with van der Waals surface area (Å²) in [5.41, 5.74) is 7.02. The lowest BCUT2D eigenvalue weighted by Gasteiger charge is -2.33. The molecule has 0 aliphatic heterocycles. The predicted octanol–water partition coefficient (Wildman–Crippen LogP) is 10.1. The molecule has 1 heteroatoms. The van der Waals surface area contributed by atoms with E-state index in [0.717, 1.165) is 5.92 Å². The van der Waals surface area contributed by atoms with Gasteiger partial charge in [-0.05, 0) is 83.5 Å². The molecule has 2 saturated carbocycles. The number of hydrogen-bond donors (Lipinski definition) is 0. The summed E-state index contributed by atoms with van der Waals surface area (Å²) in [6, 6.07) is 2.52. The van der Waals surface area contributed by atoms with Crippen molar-refractivity contribution in [2.45, 2.75) is 106 Å². The molecule has 0 bridgehead atoms. The van der Waals surface area contributed by atoms with E-state index in [1.54, 1.807) is 16.0 Å². The van der Waals surface area contributed by atoms with Gasteiger partial charge in [-0.25, -0.2) is 0 Å². The fourth-order valence-electron chi connectivity index (χ4n) is 5.61. The standard InChI is InChI=1S/C31H46S/c1-21(2)22(3)28-19-26(15-23-11-9-8-10-12-23)29(32-28)25-16-24(20-31(7)13-14-31)17-27(18-25)30(4,5)6/h16,18-19,21,23,27H,3,8-15,17,20H2,1-2,4-7H3. The van der Waals surface area contributed by atoms with Crippen molar-refractivity contribution in [3.63, 3.8) is 0 Å². The lowest BCUT2D eigenvalue weighted by molar-refractivity contribution is 0.285. The van der Waals surface area contributed by atoms with E-state index in [2.05, 4.69) is 66.3 Å². The van der Waals surface area contributed by atoms with E-state index in [9.17, 15) is 0 Å². The zero-order valence-electron chi connectivity index (χ0n) is 21.7. The van der Waals surface area contributed by atoms with E-state index in [4.69, 9.17) is 0 Å². The van der Waals surface area contributed by atoms with Gasteiger partial charge in [0.25, 0.3) is 0 Å². The molecule has 1 heterocycles. The van der Waals surface area contributed by atoms with Crippen molar-refractivity contribution in [2.75, 3.05) is 0 Å². The van der Waals surface area contributed by atoms with Gasteiger partial charge in [0.1, 0.15) is 0 Å². The van der Waals surface area contributed by atoms with Crippen LogP contribution in [0.25, 0.3) is 11.1 Å².